The molecule has 4 rings (SSSR count). The fraction of sp³-hybridized carbons (Fsp3) is 0.222. The predicted molar refractivity (Wildman–Crippen MR) is 101 cm³/mol. The molecule has 2 aromatic carbocycles. The number of aromatic nitrogens is 2. The standard InChI is InChI=1S/C18H17N3O6S/c1-20-14-5-4-12(8-13(14)17(22)21(2)18(20)23)28(24,25)19-9-11-3-6-15-16(7-11)27-10-26-15/h3-8,19H,9-10H2,1-2H3. The van der Waals surface area contributed by atoms with E-state index in [9.17, 15) is 18.0 Å². The van der Waals surface area contributed by atoms with Gasteiger partial charge in [0.1, 0.15) is 0 Å². The van der Waals surface area contributed by atoms with Crippen molar-refractivity contribution in [1.29, 1.82) is 0 Å². The van der Waals surface area contributed by atoms with Crippen LogP contribution in [-0.4, -0.2) is 24.3 Å². The maximum atomic E-state index is 12.7. The molecule has 0 aliphatic carbocycles. The van der Waals surface area contributed by atoms with Gasteiger partial charge in [0.15, 0.2) is 11.5 Å². The van der Waals surface area contributed by atoms with Crippen LogP contribution in [-0.2, 0) is 30.7 Å². The zero-order valence-electron chi connectivity index (χ0n) is 15.1. The Morgan fingerprint density at radius 2 is 1.75 bits per heavy atom. The minimum Gasteiger partial charge on any atom is -0.454 e. The Morgan fingerprint density at radius 1 is 1.00 bits per heavy atom. The van der Waals surface area contributed by atoms with Gasteiger partial charge in [-0.1, -0.05) is 6.07 Å². The highest BCUT2D eigenvalue weighted by Gasteiger charge is 2.18. The van der Waals surface area contributed by atoms with Crippen LogP contribution in [0.15, 0.2) is 50.9 Å². The van der Waals surface area contributed by atoms with E-state index in [1.165, 1.54) is 36.9 Å². The Hall–Kier alpha value is -3.11. The van der Waals surface area contributed by atoms with Crippen molar-refractivity contribution in [2.24, 2.45) is 14.1 Å². The van der Waals surface area contributed by atoms with Crippen LogP contribution in [0.5, 0.6) is 11.5 Å². The van der Waals surface area contributed by atoms with Crippen LogP contribution in [0.3, 0.4) is 0 Å². The summed E-state index contributed by atoms with van der Waals surface area (Å²) in [6, 6.07) is 9.25. The van der Waals surface area contributed by atoms with Gasteiger partial charge in [0, 0.05) is 20.6 Å². The molecule has 146 valence electrons. The highest BCUT2D eigenvalue weighted by Crippen LogP contribution is 2.32. The van der Waals surface area contributed by atoms with E-state index in [1.807, 2.05) is 0 Å². The first-order valence-electron chi connectivity index (χ1n) is 8.36. The molecule has 0 amide bonds. The van der Waals surface area contributed by atoms with Crippen LogP contribution >= 0.6 is 0 Å². The largest absolute Gasteiger partial charge is 0.454 e. The average Bonchev–Trinajstić information content (AvgIpc) is 3.16. The van der Waals surface area contributed by atoms with Gasteiger partial charge >= 0.3 is 5.69 Å². The molecular weight excluding hydrogens is 386 g/mol. The van der Waals surface area contributed by atoms with Crippen molar-refractivity contribution in [2.75, 3.05) is 6.79 Å². The normalized spacial score (nSPS) is 13.2. The zero-order valence-corrected chi connectivity index (χ0v) is 15.9. The average molecular weight is 403 g/mol. The molecule has 3 aromatic rings. The summed E-state index contributed by atoms with van der Waals surface area (Å²) in [4.78, 5) is 24.3. The van der Waals surface area contributed by atoms with Crippen LogP contribution in [0, 0.1) is 0 Å². The second-order valence-corrected chi connectivity index (χ2v) is 8.16. The third-order valence-corrected chi connectivity index (χ3v) is 6.05. The second-order valence-electron chi connectivity index (χ2n) is 6.40. The molecule has 2 heterocycles. The Bertz CT molecular complexity index is 1320. The highest BCUT2D eigenvalue weighted by molar-refractivity contribution is 7.89. The monoisotopic (exact) mass is 403 g/mol. The highest BCUT2D eigenvalue weighted by atomic mass is 32.2. The molecule has 28 heavy (non-hydrogen) atoms. The van der Waals surface area contributed by atoms with Crippen LogP contribution in [0.1, 0.15) is 5.56 Å². The molecule has 0 spiro atoms. The molecule has 1 aliphatic heterocycles. The summed E-state index contributed by atoms with van der Waals surface area (Å²) < 4.78 is 40.6. The summed E-state index contributed by atoms with van der Waals surface area (Å²) in [5.74, 6) is 1.18. The van der Waals surface area contributed by atoms with E-state index in [1.54, 1.807) is 18.2 Å². The topological polar surface area (TPSA) is 109 Å². The zero-order chi connectivity index (χ0) is 20.1. The van der Waals surface area contributed by atoms with E-state index in [4.69, 9.17) is 9.47 Å². The first-order valence-corrected chi connectivity index (χ1v) is 9.84. The van der Waals surface area contributed by atoms with Crippen molar-refractivity contribution in [2.45, 2.75) is 11.4 Å². The Kier molecular flexibility index (Phi) is 4.24. The van der Waals surface area contributed by atoms with Crippen LogP contribution in [0.25, 0.3) is 10.9 Å². The molecule has 9 nitrogen and oxygen atoms in total. The molecule has 0 unspecified atom stereocenters. The minimum absolute atomic E-state index is 0.0439. The SMILES string of the molecule is Cn1c(=O)c2cc(S(=O)(=O)NCc3ccc4c(c3)OCO4)ccc2n(C)c1=O. The molecule has 0 radical (unpaired) electrons. The second kappa shape index (κ2) is 6.50. The molecule has 0 saturated heterocycles. The van der Waals surface area contributed by atoms with Gasteiger partial charge in [-0.2, -0.15) is 0 Å². The van der Waals surface area contributed by atoms with Gasteiger partial charge in [-0.25, -0.2) is 17.9 Å². The van der Waals surface area contributed by atoms with Crippen molar-refractivity contribution in [3.63, 3.8) is 0 Å². The summed E-state index contributed by atoms with van der Waals surface area (Å²) in [7, 11) is -1.000. The van der Waals surface area contributed by atoms with Crippen LogP contribution in [0.2, 0.25) is 0 Å². The third-order valence-electron chi connectivity index (χ3n) is 4.65. The van der Waals surface area contributed by atoms with Gasteiger partial charge < -0.3 is 9.47 Å². The van der Waals surface area contributed by atoms with E-state index < -0.39 is 21.3 Å². The molecular formula is C18H17N3O6S. The molecule has 1 aliphatic rings. The summed E-state index contributed by atoms with van der Waals surface area (Å²) in [5, 5.41) is 0.149. The number of rotatable bonds is 4. The third kappa shape index (κ3) is 2.96. The Balaban J connectivity index is 1.66. The van der Waals surface area contributed by atoms with E-state index in [0.717, 1.165) is 4.57 Å². The van der Waals surface area contributed by atoms with Gasteiger partial charge in [-0.3, -0.25) is 13.9 Å². The van der Waals surface area contributed by atoms with Crippen molar-refractivity contribution < 1.29 is 17.9 Å². The number of sulfonamides is 1. The van der Waals surface area contributed by atoms with Crippen molar-refractivity contribution in [1.82, 2.24) is 13.9 Å². The fourth-order valence-corrected chi connectivity index (χ4v) is 4.10. The number of nitrogens with zero attached hydrogens (tertiary/aromatic N) is 2. The van der Waals surface area contributed by atoms with Crippen molar-refractivity contribution >= 4 is 20.9 Å². The number of hydrogen-bond acceptors (Lipinski definition) is 6. The molecule has 10 heteroatoms. The summed E-state index contributed by atoms with van der Waals surface area (Å²) in [5.41, 5.74) is 0.0368. The number of ether oxygens (including phenoxy) is 2. The van der Waals surface area contributed by atoms with Gasteiger partial charge in [0.25, 0.3) is 5.56 Å². The molecule has 0 fully saturated rings. The lowest BCUT2D eigenvalue weighted by Crippen LogP contribution is -2.37. The Labute approximate surface area is 159 Å². The van der Waals surface area contributed by atoms with Crippen LogP contribution < -0.4 is 25.4 Å². The number of fused-ring (bicyclic) bond motifs is 2. The predicted octanol–water partition coefficient (Wildman–Crippen LogP) is 0.444. The van der Waals surface area contributed by atoms with E-state index >= 15 is 0 Å². The maximum absolute atomic E-state index is 12.7. The van der Waals surface area contributed by atoms with Gasteiger partial charge in [-0.05, 0) is 35.9 Å². The fourth-order valence-electron chi connectivity index (χ4n) is 3.05. The molecule has 0 saturated carbocycles. The summed E-state index contributed by atoms with van der Waals surface area (Å²) >= 11 is 0. The first kappa shape index (κ1) is 18.3. The van der Waals surface area contributed by atoms with E-state index in [2.05, 4.69) is 4.72 Å². The number of hydrogen-bond donors (Lipinski definition) is 1. The lowest BCUT2D eigenvalue weighted by Gasteiger charge is -2.10. The number of nitrogens with one attached hydrogen (secondary N) is 1. The van der Waals surface area contributed by atoms with Crippen LogP contribution in [0.4, 0.5) is 0 Å². The lowest BCUT2D eigenvalue weighted by molar-refractivity contribution is 0.174. The van der Waals surface area contributed by atoms with Crippen molar-refractivity contribution in [3.8, 4) is 11.5 Å². The molecule has 0 atom stereocenters. The van der Waals surface area contributed by atoms with E-state index in [0.29, 0.717) is 22.6 Å². The number of benzene rings is 2. The lowest BCUT2D eigenvalue weighted by atomic mass is 10.2. The van der Waals surface area contributed by atoms with Gasteiger partial charge in [0.05, 0.1) is 15.8 Å². The van der Waals surface area contributed by atoms with Gasteiger partial charge in [0.2, 0.25) is 16.8 Å². The van der Waals surface area contributed by atoms with E-state index in [-0.39, 0.29) is 23.6 Å². The molecule has 1 N–H and O–H groups in total. The smallest absolute Gasteiger partial charge is 0.330 e. The summed E-state index contributed by atoms with van der Waals surface area (Å²) in [6.07, 6.45) is 0. The number of aryl methyl sites for hydroxylation is 1. The minimum atomic E-state index is -3.87. The molecule has 0 bridgehead atoms. The van der Waals surface area contributed by atoms with Gasteiger partial charge in [-0.15, -0.1) is 0 Å². The quantitative estimate of drug-likeness (QED) is 0.677. The Morgan fingerprint density at radius 3 is 2.54 bits per heavy atom. The summed E-state index contributed by atoms with van der Waals surface area (Å²) in [6.45, 7) is 0.182. The van der Waals surface area contributed by atoms with Crippen molar-refractivity contribution in [3.05, 3.63) is 62.8 Å². The maximum Gasteiger partial charge on any atom is 0.330 e. The molecule has 1 aromatic heterocycles. The first-order chi connectivity index (χ1) is 13.3.